The zero-order chi connectivity index (χ0) is 23.0. The van der Waals surface area contributed by atoms with Crippen LogP contribution < -0.4 is 15.5 Å². The molecule has 1 aliphatic heterocycles. The molecule has 1 saturated carbocycles. The highest BCUT2D eigenvalue weighted by Gasteiger charge is 2.40. The number of pyridine rings is 1. The van der Waals surface area contributed by atoms with Gasteiger partial charge in [0.25, 0.3) is 0 Å². The van der Waals surface area contributed by atoms with Gasteiger partial charge in [0.1, 0.15) is 0 Å². The van der Waals surface area contributed by atoms with Gasteiger partial charge in [0.2, 0.25) is 5.91 Å². The van der Waals surface area contributed by atoms with Gasteiger partial charge in [-0.2, -0.15) is 0 Å². The summed E-state index contributed by atoms with van der Waals surface area (Å²) in [5.74, 6) is 0.737. The van der Waals surface area contributed by atoms with Crippen LogP contribution in [0.4, 0.5) is 16.3 Å². The smallest absolute Gasteiger partial charge is 0.405 e. The Morgan fingerprint density at radius 1 is 1.09 bits per heavy atom. The van der Waals surface area contributed by atoms with Crippen molar-refractivity contribution in [3.8, 4) is 22.4 Å². The molecule has 33 heavy (non-hydrogen) atoms. The van der Waals surface area contributed by atoms with Crippen molar-refractivity contribution in [1.29, 1.82) is 0 Å². The molecular weight excluding hydrogens is 416 g/mol. The van der Waals surface area contributed by atoms with Gasteiger partial charge in [-0.3, -0.25) is 4.79 Å². The second-order valence-electron chi connectivity index (χ2n) is 8.69. The number of amides is 2. The number of carbonyl (C=O) groups excluding carboxylic acids is 1. The average molecular weight is 443 g/mol. The normalized spacial score (nSPS) is 16.8. The number of carbonyl (C=O) groups is 2. The Morgan fingerprint density at radius 2 is 1.82 bits per heavy atom. The maximum Gasteiger partial charge on any atom is 0.405 e. The van der Waals surface area contributed by atoms with E-state index in [0.717, 1.165) is 52.9 Å². The van der Waals surface area contributed by atoms with Crippen LogP contribution in [0.3, 0.4) is 0 Å². The van der Waals surface area contributed by atoms with E-state index >= 15 is 0 Å². The molecule has 2 amide bonds. The van der Waals surface area contributed by atoms with Crippen LogP contribution in [0.15, 0.2) is 60.7 Å². The van der Waals surface area contributed by atoms with Gasteiger partial charge < -0.3 is 20.6 Å². The van der Waals surface area contributed by atoms with Crippen LogP contribution in [-0.4, -0.2) is 35.7 Å². The second-order valence-corrected chi connectivity index (χ2v) is 8.69. The minimum absolute atomic E-state index is 0.0518. The molecule has 0 spiro atoms. The number of carboxylic acid groups (broad SMARTS) is 1. The number of anilines is 2. The molecule has 0 atom stereocenters. The number of hydrogen-bond donors (Lipinski definition) is 3. The number of benzene rings is 2. The first kappa shape index (κ1) is 21.0. The molecule has 0 radical (unpaired) electrons. The van der Waals surface area contributed by atoms with Crippen LogP contribution in [0, 0.1) is 0 Å². The lowest BCUT2D eigenvalue weighted by Gasteiger charge is -2.42. The Kier molecular flexibility index (Phi) is 5.24. The molecule has 0 saturated heterocycles. The van der Waals surface area contributed by atoms with Crippen molar-refractivity contribution in [3.63, 3.8) is 0 Å². The van der Waals surface area contributed by atoms with Crippen LogP contribution in [0.2, 0.25) is 0 Å². The molecule has 2 heterocycles. The lowest BCUT2D eigenvalue weighted by molar-refractivity contribution is -0.118. The number of hydrogen-bond acceptors (Lipinski definition) is 4. The zero-order valence-electron chi connectivity index (χ0n) is 18.5. The monoisotopic (exact) mass is 442 g/mol. The number of nitrogens with zero attached hydrogens (tertiary/aromatic N) is 2. The van der Waals surface area contributed by atoms with Gasteiger partial charge in [-0.25, -0.2) is 9.78 Å². The Labute approximate surface area is 192 Å². The summed E-state index contributed by atoms with van der Waals surface area (Å²) in [4.78, 5) is 30.4. The largest absolute Gasteiger partial charge is 0.465 e. The highest BCUT2D eigenvalue weighted by atomic mass is 16.4. The first-order chi connectivity index (χ1) is 16.0. The highest BCUT2D eigenvalue weighted by molar-refractivity contribution is 5.99. The van der Waals surface area contributed by atoms with E-state index in [-0.39, 0.29) is 5.91 Å². The number of fused-ring (bicyclic) bond motifs is 1. The zero-order valence-corrected chi connectivity index (χ0v) is 18.5. The van der Waals surface area contributed by atoms with Gasteiger partial charge in [0, 0.05) is 31.1 Å². The maximum absolute atomic E-state index is 12.4. The van der Waals surface area contributed by atoms with Crippen LogP contribution >= 0.6 is 0 Å². The third kappa shape index (κ3) is 3.80. The Hall–Kier alpha value is -3.87. The third-order valence-electron chi connectivity index (χ3n) is 6.72. The molecule has 168 valence electrons. The van der Waals surface area contributed by atoms with E-state index in [1.165, 1.54) is 0 Å². The van der Waals surface area contributed by atoms with Crippen molar-refractivity contribution in [1.82, 2.24) is 10.3 Å². The third-order valence-corrected chi connectivity index (χ3v) is 6.72. The van der Waals surface area contributed by atoms with Crippen LogP contribution in [0.25, 0.3) is 22.4 Å². The molecular formula is C26H26N4O3. The molecule has 0 bridgehead atoms. The van der Waals surface area contributed by atoms with Crippen molar-refractivity contribution in [2.24, 2.45) is 0 Å². The minimum atomic E-state index is -0.998. The lowest BCUT2D eigenvalue weighted by atomic mass is 9.71. The molecule has 1 aromatic heterocycles. The van der Waals surface area contributed by atoms with E-state index in [4.69, 9.17) is 4.98 Å². The molecule has 0 unspecified atom stereocenters. The fourth-order valence-corrected chi connectivity index (χ4v) is 4.70. The quantitative estimate of drug-likeness (QED) is 0.537. The summed E-state index contributed by atoms with van der Waals surface area (Å²) in [6, 6.07) is 20.0. The number of rotatable bonds is 4. The Morgan fingerprint density at radius 3 is 2.45 bits per heavy atom. The minimum Gasteiger partial charge on any atom is -0.465 e. The predicted octanol–water partition coefficient (Wildman–Crippen LogP) is 4.84. The summed E-state index contributed by atoms with van der Waals surface area (Å²) in [6.45, 7) is 0.537. The van der Waals surface area contributed by atoms with Crippen molar-refractivity contribution in [3.05, 3.63) is 66.2 Å². The Balaban J connectivity index is 1.61. The number of aromatic nitrogens is 1. The van der Waals surface area contributed by atoms with E-state index in [1.54, 1.807) is 11.9 Å². The average Bonchev–Trinajstić information content (AvgIpc) is 2.94. The van der Waals surface area contributed by atoms with Crippen molar-refractivity contribution in [2.45, 2.75) is 31.2 Å². The number of nitrogens with one attached hydrogen (secondary N) is 2. The standard InChI is InChI=1S/C26H26N4O3/c1-30-21-16-20(17-6-3-2-4-7-17)23(28-24(21)27-15-12-22(30)31)18-8-10-19(11-9-18)26(13-5-14-26)29-25(32)33/h2-4,6-11,16,29H,5,12-15H2,1H3,(H,27,28)(H,32,33). The molecule has 1 aliphatic carbocycles. The molecule has 2 aromatic carbocycles. The maximum atomic E-state index is 12.4. The van der Waals surface area contributed by atoms with Gasteiger partial charge in [-0.05, 0) is 36.5 Å². The molecule has 1 fully saturated rings. The summed E-state index contributed by atoms with van der Waals surface area (Å²) >= 11 is 0. The van der Waals surface area contributed by atoms with E-state index in [9.17, 15) is 14.7 Å². The van der Waals surface area contributed by atoms with Crippen LogP contribution in [0.5, 0.6) is 0 Å². The molecule has 3 aromatic rings. The highest BCUT2D eigenvalue weighted by Crippen LogP contribution is 2.43. The van der Waals surface area contributed by atoms with Gasteiger partial charge in [-0.1, -0.05) is 54.6 Å². The van der Waals surface area contributed by atoms with Gasteiger partial charge in [0.15, 0.2) is 5.82 Å². The lowest BCUT2D eigenvalue weighted by Crippen LogP contribution is -2.50. The van der Waals surface area contributed by atoms with E-state index in [2.05, 4.69) is 10.6 Å². The van der Waals surface area contributed by atoms with Crippen molar-refractivity contribution in [2.75, 3.05) is 23.8 Å². The summed E-state index contributed by atoms with van der Waals surface area (Å²) in [6.07, 6.45) is 2.02. The van der Waals surface area contributed by atoms with Gasteiger partial charge >= 0.3 is 6.09 Å². The fraction of sp³-hybridized carbons (Fsp3) is 0.269. The predicted molar refractivity (Wildman–Crippen MR) is 128 cm³/mol. The van der Waals surface area contributed by atoms with E-state index in [0.29, 0.717) is 18.8 Å². The van der Waals surface area contributed by atoms with Gasteiger partial charge in [0.05, 0.1) is 16.9 Å². The van der Waals surface area contributed by atoms with Crippen LogP contribution in [0.1, 0.15) is 31.2 Å². The second kappa shape index (κ2) is 8.24. The summed E-state index contributed by atoms with van der Waals surface area (Å²) in [5.41, 5.74) is 4.93. The Bertz CT molecular complexity index is 1200. The van der Waals surface area contributed by atoms with Crippen molar-refractivity contribution < 1.29 is 14.7 Å². The summed E-state index contributed by atoms with van der Waals surface area (Å²) < 4.78 is 0. The molecule has 5 rings (SSSR count). The summed E-state index contributed by atoms with van der Waals surface area (Å²) in [7, 11) is 1.78. The van der Waals surface area contributed by atoms with E-state index < -0.39 is 11.6 Å². The molecule has 2 aliphatic rings. The van der Waals surface area contributed by atoms with Gasteiger partial charge in [-0.15, -0.1) is 0 Å². The SMILES string of the molecule is CN1C(=O)CCNc2nc(-c3ccc(C4(NC(=O)O)CCC4)cc3)c(-c3ccccc3)cc21. The molecule has 7 heteroatoms. The summed E-state index contributed by atoms with van der Waals surface area (Å²) in [5, 5.41) is 15.3. The first-order valence-electron chi connectivity index (χ1n) is 11.2. The van der Waals surface area contributed by atoms with E-state index in [1.807, 2.05) is 60.7 Å². The molecule has 3 N–H and O–H groups in total. The first-order valence-corrected chi connectivity index (χ1v) is 11.2. The molecule has 7 nitrogen and oxygen atoms in total. The topological polar surface area (TPSA) is 94.6 Å². The van der Waals surface area contributed by atoms with Crippen molar-refractivity contribution >= 4 is 23.5 Å². The fourth-order valence-electron chi connectivity index (χ4n) is 4.70. The van der Waals surface area contributed by atoms with Crippen LogP contribution in [-0.2, 0) is 10.3 Å².